The predicted molar refractivity (Wildman–Crippen MR) is 103 cm³/mol. The van der Waals surface area contributed by atoms with Crippen LogP contribution in [0.2, 0.25) is 0 Å². The summed E-state index contributed by atoms with van der Waals surface area (Å²) in [5.41, 5.74) is 8.96. The quantitative estimate of drug-likeness (QED) is 0.539. The standard InChI is InChI=1S/C14H16N2.C5H12.C2H6/c1-3-7-13(8-4-1)11-15-16-12-14-9-5-2-6-10-14;1-4-5(2)3;1-2/h1-10,15-16H,11-12H2;5H,4H2,1-3H3;1-2H3. The molecule has 2 N–H and O–H groups in total. The summed E-state index contributed by atoms with van der Waals surface area (Å²) in [5.74, 6) is 0.884. The second kappa shape index (κ2) is 15.3. The molecule has 0 amide bonds. The van der Waals surface area contributed by atoms with Crippen molar-refractivity contribution in [3.8, 4) is 0 Å². The molecule has 0 saturated heterocycles. The molecule has 0 aromatic heterocycles. The van der Waals surface area contributed by atoms with Crippen molar-refractivity contribution in [1.82, 2.24) is 10.9 Å². The zero-order valence-corrected chi connectivity index (χ0v) is 15.5. The lowest BCUT2D eigenvalue weighted by Gasteiger charge is -2.06. The topological polar surface area (TPSA) is 24.1 Å². The van der Waals surface area contributed by atoms with Crippen molar-refractivity contribution >= 4 is 0 Å². The highest BCUT2D eigenvalue weighted by atomic mass is 15.3. The molecule has 0 unspecified atom stereocenters. The highest BCUT2D eigenvalue weighted by Gasteiger charge is 1.91. The number of hydrazine groups is 1. The Kier molecular flexibility index (Phi) is 14.2. The molecule has 0 aliphatic rings. The fourth-order valence-corrected chi connectivity index (χ4v) is 1.52. The Labute approximate surface area is 143 Å². The average Bonchev–Trinajstić information content (AvgIpc) is 2.63. The molecule has 2 aromatic rings. The third kappa shape index (κ3) is 12.6. The molecule has 2 heteroatoms. The predicted octanol–water partition coefficient (Wildman–Crippen LogP) is 5.56. The first kappa shape index (κ1) is 21.4. The fourth-order valence-electron chi connectivity index (χ4n) is 1.52. The van der Waals surface area contributed by atoms with Gasteiger partial charge >= 0.3 is 0 Å². The molecule has 0 fully saturated rings. The summed E-state index contributed by atoms with van der Waals surface area (Å²) in [6.07, 6.45) is 1.31. The van der Waals surface area contributed by atoms with Crippen LogP contribution in [0, 0.1) is 5.92 Å². The summed E-state index contributed by atoms with van der Waals surface area (Å²) in [5, 5.41) is 0. The second-order valence-electron chi connectivity index (χ2n) is 5.48. The van der Waals surface area contributed by atoms with Gasteiger partial charge < -0.3 is 0 Å². The van der Waals surface area contributed by atoms with Crippen molar-refractivity contribution in [2.24, 2.45) is 5.92 Å². The third-order valence-corrected chi connectivity index (χ3v) is 3.21. The molecule has 2 nitrogen and oxygen atoms in total. The third-order valence-electron chi connectivity index (χ3n) is 3.21. The van der Waals surface area contributed by atoms with E-state index in [4.69, 9.17) is 0 Å². The van der Waals surface area contributed by atoms with Crippen LogP contribution in [-0.4, -0.2) is 0 Å². The van der Waals surface area contributed by atoms with Crippen LogP contribution >= 0.6 is 0 Å². The van der Waals surface area contributed by atoms with E-state index < -0.39 is 0 Å². The monoisotopic (exact) mass is 314 g/mol. The molecule has 2 aromatic carbocycles. The summed E-state index contributed by atoms with van der Waals surface area (Å²) >= 11 is 0. The van der Waals surface area contributed by atoms with Crippen LogP contribution in [0.5, 0.6) is 0 Å². The van der Waals surface area contributed by atoms with Crippen molar-refractivity contribution in [2.75, 3.05) is 0 Å². The number of hydrogen-bond donors (Lipinski definition) is 2. The van der Waals surface area contributed by atoms with Gasteiger partial charge in [0.25, 0.3) is 0 Å². The molecule has 128 valence electrons. The molecule has 0 aliphatic carbocycles. The number of nitrogens with one attached hydrogen (secondary N) is 2. The molecule has 0 radical (unpaired) electrons. The van der Waals surface area contributed by atoms with Gasteiger partial charge in [0.05, 0.1) is 0 Å². The Morgan fingerprint density at radius 2 is 1.00 bits per heavy atom. The fraction of sp³-hybridized carbons (Fsp3) is 0.429. The Bertz CT molecular complexity index is 410. The maximum atomic E-state index is 3.20. The van der Waals surface area contributed by atoms with E-state index in [1.807, 2.05) is 50.2 Å². The first-order valence-electron chi connectivity index (χ1n) is 8.76. The molecular formula is C21H34N2. The molecule has 2 rings (SSSR count). The van der Waals surface area contributed by atoms with Crippen LogP contribution in [-0.2, 0) is 13.1 Å². The minimum absolute atomic E-state index is 0.841. The van der Waals surface area contributed by atoms with Crippen molar-refractivity contribution in [3.05, 3.63) is 71.8 Å². The van der Waals surface area contributed by atoms with Gasteiger partial charge in [-0.2, -0.15) is 0 Å². The van der Waals surface area contributed by atoms with Crippen LogP contribution in [0.4, 0.5) is 0 Å². The van der Waals surface area contributed by atoms with Crippen LogP contribution in [0.15, 0.2) is 60.7 Å². The molecule has 23 heavy (non-hydrogen) atoms. The Morgan fingerprint density at radius 1 is 0.696 bits per heavy atom. The average molecular weight is 315 g/mol. The van der Waals surface area contributed by atoms with Gasteiger partial charge in [0.2, 0.25) is 0 Å². The maximum Gasteiger partial charge on any atom is 0.0351 e. The summed E-state index contributed by atoms with van der Waals surface area (Å²) in [7, 11) is 0. The summed E-state index contributed by atoms with van der Waals surface area (Å²) in [4.78, 5) is 0. The molecule has 0 heterocycles. The van der Waals surface area contributed by atoms with Crippen molar-refractivity contribution in [3.63, 3.8) is 0 Å². The lowest BCUT2D eigenvalue weighted by atomic mass is 10.2. The zero-order chi connectivity index (χ0) is 17.3. The first-order valence-corrected chi connectivity index (χ1v) is 8.76. The van der Waals surface area contributed by atoms with Crippen molar-refractivity contribution in [1.29, 1.82) is 0 Å². The Balaban J connectivity index is 0.000000594. The van der Waals surface area contributed by atoms with Crippen molar-refractivity contribution < 1.29 is 0 Å². The Hall–Kier alpha value is -1.64. The minimum Gasteiger partial charge on any atom is -0.253 e. The lowest BCUT2D eigenvalue weighted by Crippen LogP contribution is -2.30. The van der Waals surface area contributed by atoms with E-state index in [-0.39, 0.29) is 0 Å². The summed E-state index contributed by atoms with van der Waals surface area (Å²) in [6.45, 7) is 12.3. The van der Waals surface area contributed by atoms with Gasteiger partial charge in [-0.05, 0) is 17.0 Å². The van der Waals surface area contributed by atoms with E-state index in [1.54, 1.807) is 0 Å². The number of rotatable bonds is 6. The molecule has 0 atom stereocenters. The van der Waals surface area contributed by atoms with Gasteiger partial charge in [0.15, 0.2) is 0 Å². The molecule has 0 bridgehead atoms. The highest BCUT2D eigenvalue weighted by Crippen LogP contribution is 1.98. The minimum atomic E-state index is 0.841. The maximum absolute atomic E-state index is 3.20. The molecule has 0 saturated carbocycles. The zero-order valence-electron chi connectivity index (χ0n) is 15.5. The van der Waals surface area contributed by atoms with Crippen LogP contribution in [0.25, 0.3) is 0 Å². The van der Waals surface area contributed by atoms with Crippen LogP contribution in [0.3, 0.4) is 0 Å². The van der Waals surface area contributed by atoms with E-state index in [2.05, 4.69) is 55.9 Å². The normalized spacial score (nSPS) is 9.48. The lowest BCUT2D eigenvalue weighted by molar-refractivity contribution is 0.529. The van der Waals surface area contributed by atoms with Crippen molar-refractivity contribution in [2.45, 2.75) is 54.1 Å². The molecular weight excluding hydrogens is 280 g/mol. The van der Waals surface area contributed by atoms with Gasteiger partial charge in [-0.25, -0.2) is 0 Å². The van der Waals surface area contributed by atoms with E-state index in [0.717, 1.165) is 19.0 Å². The summed E-state index contributed by atoms with van der Waals surface area (Å²) < 4.78 is 0. The van der Waals surface area contributed by atoms with Crippen LogP contribution in [0.1, 0.15) is 52.2 Å². The second-order valence-corrected chi connectivity index (χ2v) is 5.48. The largest absolute Gasteiger partial charge is 0.253 e. The van der Waals surface area contributed by atoms with Gasteiger partial charge in [0.1, 0.15) is 0 Å². The van der Waals surface area contributed by atoms with Gasteiger partial charge in [-0.3, -0.25) is 10.9 Å². The summed E-state index contributed by atoms with van der Waals surface area (Å²) in [6, 6.07) is 20.7. The first-order chi connectivity index (χ1) is 11.2. The SMILES string of the molecule is CC.CCC(C)C.c1ccc(CNNCc2ccccc2)cc1. The van der Waals surface area contributed by atoms with Crippen LogP contribution < -0.4 is 10.9 Å². The van der Waals surface area contributed by atoms with Gasteiger partial charge in [0, 0.05) is 13.1 Å². The molecule has 0 aliphatic heterocycles. The smallest absolute Gasteiger partial charge is 0.0351 e. The van der Waals surface area contributed by atoms with E-state index in [9.17, 15) is 0 Å². The van der Waals surface area contributed by atoms with Gasteiger partial charge in [-0.15, -0.1) is 0 Å². The number of hydrogen-bond acceptors (Lipinski definition) is 2. The van der Waals surface area contributed by atoms with E-state index >= 15 is 0 Å². The van der Waals surface area contributed by atoms with E-state index in [0.29, 0.717) is 0 Å². The van der Waals surface area contributed by atoms with E-state index in [1.165, 1.54) is 17.5 Å². The number of benzene rings is 2. The van der Waals surface area contributed by atoms with Gasteiger partial charge in [-0.1, -0.05) is 102 Å². The molecule has 0 spiro atoms. The highest BCUT2D eigenvalue weighted by molar-refractivity contribution is 5.15. The Morgan fingerprint density at radius 3 is 1.26 bits per heavy atom.